The highest BCUT2D eigenvalue weighted by atomic mass is 16.5. The van der Waals surface area contributed by atoms with E-state index in [1.54, 1.807) is 0 Å². The maximum Gasteiger partial charge on any atom is 0.331 e. The van der Waals surface area contributed by atoms with Crippen molar-refractivity contribution < 1.29 is 19.4 Å². The van der Waals surface area contributed by atoms with Crippen LogP contribution in [0.3, 0.4) is 0 Å². The fraction of sp³-hybridized carbons (Fsp3) is 0.778. The van der Waals surface area contributed by atoms with Crippen LogP contribution < -0.4 is 0 Å². The Morgan fingerprint density at radius 2 is 1.68 bits per heavy atom. The van der Waals surface area contributed by atoms with Crippen LogP contribution in [0.25, 0.3) is 0 Å². The molecular weight excluding hydrogens is 280 g/mol. The molecular formula is C18H30O4. The van der Waals surface area contributed by atoms with Gasteiger partial charge in [-0.2, -0.15) is 0 Å². The Morgan fingerprint density at radius 3 is 2.14 bits per heavy atom. The third-order valence-corrected chi connectivity index (χ3v) is 4.43. The number of hydrogen-bond acceptors (Lipinski definition) is 3. The van der Waals surface area contributed by atoms with Crippen molar-refractivity contribution in [2.75, 3.05) is 0 Å². The Bertz CT molecular complexity index is 390. The molecule has 1 unspecified atom stereocenters. The summed E-state index contributed by atoms with van der Waals surface area (Å²) in [6.07, 6.45) is 7.59. The summed E-state index contributed by atoms with van der Waals surface area (Å²) in [6, 6.07) is 0. The highest BCUT2D eigenvalue weighted by Crippen LogP contribution is 2.36. The summed E-state index contributed by atoms with van der Waals surface area (Å²) in [5.41, 5.74) is 0. The van der Waals surface area contributed by atoms with Gasteiger partial charge in [0.15, 0.2) is 0 Å². The molecule has 0 spiro atoms. The SMILES string of the molecule is CC(C)CC1CCC(C(OC(=O)/C=C/C(=O)O)C(C)C)CC1. The fourth-order valence-corrected chi connectivity index (χ4v) is 3.51. The topological polar surface area (TPSA) is 63.6 Å². The molecule has 0 aliphatic heterocycles. The zero-order valence-electron chi connectivity index (χ0n) is 14.2. The van der Waals surface area contributed by atoms with Gasteiger partial charge in [-0.3, -0.25) is 0 Å². The van der Waals surface area contributed by atoms with Crippen LogP contribution in [0.4, 0.5) is 0 Å². The predicted octanol–water partition coefficient (Wildman–Crippen LogP) is 4.05. The summed E-state index contributed by atoms with van der Waals surface area (Å²) < 4.78 is 5.53. The Kier molecular flexibility index (Phi) is 7.63. The summed E-state index contributed by atoms with van der Waals surface area (Å²) in [5.74, 6) is 0.491. The van der Waals surface area contributed by atoms with E-state index in [1.165, 1.54) is 19.3 Å². The van der Waals surface area contributed by atoms with E-state index in [-0.39, 0.29) is 12.0 Å². The molecule has 4 nitrogen and oxygen atoms in total. The Labute approximate surface area is 133 Å². The molecule has 4 heteroatoms. The molecule has 0 aromatic carbocycles. The minimum Gasteiger partial charge on any atom is -0.478 e. The first kappa shape index (κ1) is 18.7. The maximum absolute atomic E-state index is 11.7. The summed E-state index contributed by atoms with van der Waals surface area (Å²) >= 11 is 0. The first-order valence-electron chi connectivity index (χ1n) is 8.41. The zero-order valence-corrected chi connectivity index (χ0v) is 14.2. The quantitative estimate of drug-likeness (QED) is 0.569. The van der Waals surface area contributed by atoms with Crippen molar-refractivity contribution >= 4 is 11.9 Å². The van der Waals surface area contributed by atoms with Gasteiger partial charge >= 0.3 is 11.9 Å². The Balaban J connectivity index is 2.54. The van der Waals surface area contributed by atoms with Crippen LogP contribution in [0.5, 0.6) is 0 Å². The van der Waals surface area contributed by atoms with Crippen LogP contribution in [0, 0.1) is 23.7 Å². The van der Waals surface area contributed by atoms with Gasteiger partial charge in [-0.1, -0.05) is 40.5 Å². The second-order valence-corrected chi connectivity index (χ2v) is 7.23. The molecule has 1 N–H and O–H groups in total. The number of hydrogen-bond donors (Lipinski definition) is 1. The van der Waals surface area contributed by atoms with Crippen LogP contribution in [-0.2, 0) is 14.3 Å². The summed E-state index contributed by atoms with van der Waals surface area (Å²) in [4.78, 5) is 22.2. The van der Waals surface area contributed by atoms with Gasteiger partial charge in [0.2, 0.25) is 0 Å². The molecule has 0 amide bonds. The van der Waals surface area contributed by atoms with Gasteiger partial charge in [0.05, 0.1) is 0 Å². The predicted molar refractivity (Wildman–Crippen MR) is 86.4 cm³/mol. The van der Waals surface area contributed by atoms with E-state index in [0.717, 1.165) is 36.8 Å². The molecule has 126 valence electrons. The van der Waals surface area contributed by atoms with E-state index in [4.69, 9.17) is 9.84 Å². The number of carbonyl (C=O) groups is 2. The normalized spacial score (nSPS) is 23.9. The first-order chi connectivity index (χ1) is 10.3. The van der Waals surface area contributed by atoms with Gasteiger partial charge in [0.1, 0.15) is 6.10 Å². The summed E-state index contributed by atoms with van der Waals surface area (Å²) in [7, 11) is 0. The Morgan fingerprint density at radius 1 is 1.09 bits per heavy atom. The molecule has 0 radical (unpaired) electrons. The molecule has 1 fully saturated rings. The van der Waals surface area contributed by atoms with Crippen LogP contribution in [-0.4, -0.2) is 23.1 Å². The van der Waals surface area contributed by atoms with Crippen LogP contribution >= 0.6 is 0 Å². The molecule has 1 rings (SSSR count). The number of esters is 1. The largest absolute Gasteiger partial charge is 0.478 e. The molecule has 0 bridgehead atoms. The summed E-state index contributed by atoms with van der Waals surface area (Å²) in [5, 5.41) is 8.56. The highest BCUT2D eigenvalue weighted by molar-refractivity contribution is 5.90. The van der Waals surface area contributed by atoms with Gasteiger partial charge in [-0.05, 0) is 42.9 Å². The molecule has 1 atom stereocenters. The number of ether oxygens (including phenoxy) is 1. The van der Waals surface area contributed by atoms with Crippen molar-refractivity contribution in [2.45, 2.75) is 65.9 Å². The van der Waals surface area contributed by atoms with Gasteiger partial charge in [0, 0.05) is 12.2 Å². The lowest BCUT2D eigenvalue weighted by Crippen LogP contribution is -2.34. The van der Waals surface area contributed by atoms with Gasteiger partial charge in [0.25, 0.3) is 0 Å². The third-order valence-electron chi connectivity index (χ3n) is 4.43. The van der Waals surface area contributed by atoms with Crippen molar-refractivity contribution in [3.63, 3.8) is 0 Å². The second kappa shape index (κ2) is 8.96. The monoisotopic (exact) mass is 310 g/mol. The Hall–Kier alpha value is -1.32. The molecule has 0 saturated heterocycles. The number of carboxylic acid groups (broad SMARTS) is 1. The van der Waals surface area contributed by atoms with E-state index in [0.29, 0.717) is 5.92 Å². The molecule has 0 aromatic heterocycles. The second-order valence-electron chi connectivity index (χ2n) is 7.23. The average Bonchev–Trinajstić information content (AvgIpc) is 2.42. The van der Waals surface area contributed by atoms with E-state index >= 15 is 0 Å². The van der Waals surface area contributed by atoms with Gasteiger partial charge in [-0.25, -0.2) is 9.59 Å². The van der Waals surface area contributed by atoms with Crippen LogP contribution in [0.2, 0.25) is 0 Å². The summed E-state index contributed by atoms with van der Waals surface area (Å²) in [6.45, 7) is 8.64. The molecule has 0 aromatic rings. The smallest absolute Gasteiger partial charge is 0.331 e. The molecule has 1 aliphatic carbocycles. The van der Waals surface area contributed by atoms with Crippen LogP contribution in [0.15, 0.2) is 12.2 Å². The number of carboxylic acids is 1. The lowest BCUT2D eigenvalue weighted by Gasteiger charge is -2.35. The first-order valence-corrected chi connectivity index (χ1v) is 8.41. The number of aliphatic carboxylic acids is 1. The van der Waals surface area contributed by atoms with Gasteiger partial charge < -0.3 is 9.84 Å². The molecule has 0 heterocycles. The van der Waals surface area contributed by atoms with Crippen molar-refractivity contribution in [3.05, 3.63) is 12.2 Å². The highest BCUT2D eigenvalue weighted by Gasteiger charge is 2.31. The standard InChI is InChI=1S/C18H30O4/c1-12(2)11-14-5-7-15(8-6-14)18(13(3)4)22-17(21)10-9-16(19)20/h9-10,12-15,18H,5-8,11H2,1-4H3,(H,19,20)/b10-9+. The van der Waals surface area contributed by atoms with Crippen molar-refractivity contribution in [1.29, 1.82) is 0 Å². The molecule has 22 heavy (non-hydrogen) atoms. The molecule has 1 saturated carbocycles. The fourth-order valence-electron chi connectivity index (χ4n) is 3.51. The number of rotatable bonds is 7. The van der Waals surface area contributed by atoms with Crippen molar-refractivity contribution in [2.24, 2.45) is 23.7 Å². The minimum atomic E-state index is -1.13. The van der Waals surface area contributed by atoms with E-state index < -0.39 is 11.9 Å². The lowest BCUT2D eigenvalue weighted by molar-refractivity contribution is -0.150. The average molecular weight is 310 g/mol. The maximum atomic E-state index is 11.7. The van der Waals surface area contributed by atoms with Crippen molar-refractivity contribution in [3.8, 4) is 0 Å². The lowest BCUT2D eigenvalue weighted by atomic mass is 9.74. The van der Waals surface area contributed by atoms with E-state index in [2.05, 4.69) is 27.7 Å². The van der Waals surface area contributed by atoms with E-state index in [9.17, 15) is 9.59 Å². The van der Waals surface area contributed by atoms with Gasteiger partial charge in [-0.15, -0.1) is 0 Å². The number of carbonyl (C=O) groups excluding carboxylic acids is 1. The third kappa shape index (κ3) is 6.63. The van der Waals surface area contributed by atoms with Crippen molar-refractivity contribution in [1.82, 2.24) is 0 Å². The zero-order chi connectivity index (χ0) is 16.7. The minimum absolute atomic E-state index is 0.119. The van der Waals surface area contributed by atoms with E-state index in [1.807, 2.05) is 0 Å². The molecule has 1 aliphatic rings. The van der Waals surface area contributed by atoms with Crippen LogP contribution in [0.1, 0.15) is 59.8 Å².